The minimum atomic E-state index is -0.265. The van der Waals surface area contributed by atoms with Gasteiger partial charge in [0.05, 0.1) is 12.2 Å². The molecular weight excluding hydrogens is 242 g/mol. The summed E-state index contributed by atoms with van der Waals surface area (Å²) in [5.41, 5.74) is 2.54. The van der Waals surface area contributed by atoms with E-state index in [0.717, 1.165) is 0 Å². The number of pyridine rings is 1. The molecule has 0 saturated carbocycles. The maximum atomic E-state index is 9.27. The number of aromatic nitrogens is 1. The molecule has 2 N–H and O–H groups in total. The molecule has 1 aliphatic rings. The first-order valence-corrected chi connectivity index (χ1v) is 5.57. The van der Waals surface area contributed by atoms with Crippen LogP contribution < -0.4 is 0 Å². The SMILES string of the molecule is N#CC(=C1C=CC(=NO)C(CO)=C1)c1cccnc1. The third-order valence-electron chi connectivity index (χ3n) is 2.71. The fourth-order valence-electron chi connectivity index (χ4n) is 1.77. The summed E-state index contributed by atoms with van der Waals surface area (Å²) >= 11 is 0. The van der Waals surface area contributed by atoms with Gasteiger partial charge in [-0.15, -0.1) is 0 Å². The predicted molar refractivity (Wildman–Crippen MR) is 70.3 cm³/mol. The van der Waals surface area contributed by atoms with Crippen LogP contribution in [0.15, 0.2) is 59.1 Å². The summed E-state index contributed by atoms with van der Waals surface area (Å²) in [5, 5.41) is 30.4. The second kappa shape index (κ2) is 5.76. The van der Waals surface area contributed by atoms with Gasteiger partial charge in [0.25, 0.3) is 0 Å². The van der Waals surface area contributed by atoms with Crippen LogP contribution in [0.3, 0.4) is 0 Å². The van der Waals surface area contributed by atoms with Crippen molar-refractivity contribution < 1.29 is 10.3 Å². The van der Waals surface area contributed by atoms with Crippen LogP contribution in [-0.2, 0) is 0 Å². The van der Waals surface area contributed by atoms with E-state index in [2.05, 4.69) is 16.2 Å². The average molecular weight is 253 g/mol. The summed E-state index contributed by atoms with van der Waals surface area (Å²) in [6.45, 7) is -0.265. The van der Waals surface area contributed by atoms with Gasteiger partial charge < -0.3 is 10.3 Å². The largest absolute Gasteiger partial charge is 0.410 e. The quantitative estimate of drug-likeness (QED) is 0.476. The molecule has 0 unspecified atom stereocenters. The first kappa shape index (κ1) is 12.7. The van der Waals surface area contributed by atoms with Crippen LogP contribution >= 0.6 is 0 Å². The van der Waals surface area contributed by atoms with Crippen molar-refractivity contribution in [3.8, 4) is 6.07 Å². The highest BCUT2D eigenvalue weighted by molar-refractivity contribution is 6.11. The van der Waals surface area contributed by atoms with Gasteiger partial charge in [0.15, 0.2) is 0 Å². The zero-order valence-corrected chi connectivity index (χ0v) is 9.98. The van der Waals surface area contributed by atoms with Crippen molar-refractivity contribution in [1.82, 2.24) is 4.98 Å². The maximum absolute atomic E-state index is 9.27. The van der Waals surface area contributed by atoms with E-state index in [1.54, 1.807) is 42.8 Å². The zero-order valence-electron chi connectivity index (χ0n) is 9.98. The van der Waals surface area contributed by atoms with Gasteiger partial charge in [-0.1, -0.05) is 17.3 Å². The first-order chi connectivity index (χ1) is 9.30. The van der Waals surface area contributed by atoms with E-state index >= 15 is 0 Å². The summed E-state index contributed by atoms with van der Waals surface area (Å²) in [5.74, 6) is 0. The van der Waals surface area contributed by atoms with E-state index < -0.39 is 0 Å². The molecule has 0 amide bonds. The van der Waals surface area contributed by atoms with Crippen molar-refractivity contribution in [2.75, 3.05) is 6.61 Å². The Morgan fingerprint density at radius 2 is 2.26 bits per heavy atom. The van der Waals surface area contributed by atoms with Crippen LogP contribution in [0.4, 0.5) is 0 Å². The summed E-state index contributed by atoms with van der Waals surface area (Å²) in [6, 6.07) is 5.66. The summed E-state index contributed by atoms with van der Waals surface area (Å²) in [7, 11) is 0. The van der Waals surface area contributed by atoms with Crippen LogP contribution in [0.1, 0.15) is 5.56 Å². The summed E-state index contributed by atoms with van der Waals surface area (Å²) in [4.78, 5) is 3.98. The van der Waals surface area contributed by atoms with E-state index in [1.165, 1.54) is 0 Å². The standard InChI is InChI=1S/C14H11N3O2/c15-7-13(11-2-1-5-16-8-11)10-3-4-14(17-19)12(6-10)9-18/h1-6,8,18-19H,9H2. The lowest BCUT2D eigenvalue weighted by atomic mass is 9.94. The smallest absolute Gasteiger partial charge is 0.108 e. The number of rotatable bonds is 2. The molecule has 5 nitrogen and oxygen atoms in total. The van der Waals surface area contributed by atoms with E-state index in [9.17, 15) is 10.4 Å². The van der Waals surface area contributed by atoms with Crippen LogP contribution in [-0.4, -0.2) is 27.6 Å². The number of hydrogen-bond acceptors (Lipinski definition) is 5. The Balaban J connectivity index is 2.53. The lowest BCUT2D eigenvalue weighted by Gasteiger charge is -2.11. The Morgan fingerprint density at radius 3 is 2.84 bits per heavy atom. The van der Waals surface area contributed by atoms with Crippen molar-refractivity contribution in [1.29, 1.82) is 5.26 Å². The average Bonchev–Trinajstić information content (AvgIpc) is 2.49. The third-order valence-corrected chi connectivity index (χ3v) is 2.71. The Morgan fingerprint density at radius 1 is 1.42 bits per heavy atom. The van der Waals surface area contributed by atoms with Gasteiger partial charge in [-0.3, -0.25) is 4.98 Å². The van der Waals surface area contributed by atoms with Crippen LogP contribution in [0, 0.1) is 11.3 Å². The highest BCUT2D eigenvalue weighted by atomic mass is 16.4. The molecule has 0 saturated heterocycles. The molecule has 5 heteroatoms. The van der Waals surface area contributed by atoms with Gasteiger partial charge in [0.2, 0.25) is 0 Å². The van der Waals surface area contributed by atoms with E-state index in [4.69, 9.17) is 5.21 Å². The summed E-state index contributed by atoms with van der Waals surface area (Å²) < 4.78 is 0. The molecule has 0 spiro atoms. The van der Waals surface area contributed by atoms with Crippen molar-refractivity contribution in [3.05, 3.63) is 59.5 Å². The van der Waals surface area contributed by atoms with Crippen LogP contribution in [0.25, 0.3) is 5.57 Å². The molecule has 19 heavy (non-hydrogen) atoms. The maximum Gasteiger partial charge on any atom is 0.108 e. The normalized spacial score (nSPS) is 18.9. The van der Waals surface area contributed by atoms with Gasteiger partial charge in [-0.05, 0) is 23.8 Å². The molecule has 94 valence electrons. The molecule has 2 rings (SSSR count). The van der Waals surface area contributed by atoms with Crippen molar-refractivity contribution >= 4 is 11.3 Å². The predicted octanol–water partition coefficient (Wildman–Crippen LogP) is 1.68. The molecule has 0 bridgehead atoms. The lowest BCUT2D eigenvalue weighted by Crippen LogP contribution is -2.08. The fraction of sp³-hybridized carbons (Fsp3) is 0.0714. The fourth-order valence-corrected chi connectivity index (χ4v) is 1.77. The highest BCUT2D eigenvalue weighted by Gasteiger charge is 2.13. The van der Waals surface area contributed by atoms with E-state index in [1.807, 2.05) is 0 Å². The minimum Gasteiger partial charge on any atom is -0.410 e. The summed E-state index contributed by atoms with van der Waals surface area (Å²) in [6.07, 6.45) is 8.07. The number of aliphatic hydroxyl groups is 1. The molecular formula is C14H11N3O2. The second-order valence-corrected chi connectivity index (χ2v) is 3.83. The second-order valence-electron chi connectivity index (χ2n) is 3.83. The highest BCUT2D eigenvalue weighted by Crippen LogP contribution is 2.23. The van der Waals surface area contributed by atoms with Crippen LogP contribution in [0.2, 0.25) is 0 Å². The number of aliphatic hydroxyl groups excluding tert-OH is 1. The van der Waals surface area contributed by atoms with Crippen molar-refractivity contribution in [3.63, 3.8) is 0 Å². The Labute approximate surface area is 110 Å². The van der Waals surface area contributed by atoms with Crippen LogP contribution in [0.5, 0.6) is 0 Å². The molecule has 0 aliphatic heterocycles. The molecule has 0 aromatic carbocycles. The number of nitriles is 1. The Hall–Kier alpha value is -2.71. The molecule has 1 aromatic rings. The Bertz CT molecular complexity index is 634. The molecule has 0 radical (unpaired) electrons. The van der Waals surface area contributed by atoms with Gasteiger partial charge in [0.1, 0.15) is 11.8 Å². The van der Waals surface area contributed by atoms with Gasteiger partial charge in [0, 0.05) is 23.5 Å². The first-order valence-electron chi connectivity index (χ1n) is 5.57. The molecule has 1 heterocycles. The van der Waals surface area contributed by atoms with Gasteiger partial charge in [-0.25, -0.2) is 0 Å². The molecule has 0 atom stereocenters. The topological polar surface area (TPSA) is 89.5 Å². The number of nitrogens with zero attached hydrogens (tertiary/aromatic N) is 3. The number of hydrogen-bond donors (Lipinski definition) is 2. The molecule has 1 aromatic heterocycles. The van der Waals surface area contributed by atoms with Gasteiger partial charge in [-0.2, -0.15) is 5.26 Å². The molecule has 1 aliphatic carbocycles. The number of oxime groups is 1. The third kappa shape index (κ3) is 2.59. The monoisotopic (exact) mass is 253 g/mol. The van der Waals surface area contributed by atoms with E-state index in [0.29, 0.717) is 22.3 Å². The van der Waals surface area contributed by atoms with E-state index in [-0.39, 0.29) is 12.3 Å². The zero-order chi connectivity index (χ0) is 13.7. The van der Waals surface area contributed by atoms with Crippen molar-refractivity contribution in [2.24, 2.45) is 5.16 Å². The van der Waals surface area contributed by atoms with Crippen molar-refractivity contribution in [2.45, 2.75) is 0 Å². The number of allylic oxidation sites excluding steroid dienone is 5. The Kier molecular flexibility index (Phi) is 3.86. The molecule has 0 fully saturated rings. The lowest BCUT2D eigenvalue weighted by molar-refractivity contribution is 0.314. The minimum absolute atomic E-state index is 0.265. The van der Waals surface area contributed by atoms with Gasteiger partial charge >= 0.3 is 0 Å².